The lowest BCUT2D eigenvalue weighted by Crippen LogP contribution is -2.38. The van der Waals surface area contributed by atoms with Crippen molar-refractivity contribution in [1.29, 1.82) is 0 Å². The number of morpholine rings is 1. The van der Waals surface area contributed by atoms with Gasteiger partial charge in [-0.15, -0.1) is 0 Å². The van der Waals surface area contributed by atoms with Gasteiger partial charge in [-0.3, -0.25) is 24.6 Å². The molecule has 1 atom stereocenters. The Balaban J connectivity index is 1.68. The predicted octanol–water partition coefficient (Wildman–Crippen LogP) is 3.39. The summed E-state index contributed by atoms with van der Waals surface area (Å²) in [4.78, 5) is 40.3. The van der Waals surface area contributed by atoms with E-state index in [0.717, 1.165) is 19.6 Å². The van der Waals surface area contributed by atoms with Crippen molar-refractivity contribution in [2.45, 2.75) is 12.5 Å². The van der Waals surface area contributed by atoms with Gasteiger partial charge in [-0.2, -0.15) is 0 Å². The van der Waals surface area contributed by atoms with Crippen LogP contribution in [0, 0.1) is 10.1 Å². The summed E-state index contributed by atoms with van der Waals surface area (Å²) in [6.07, 6.45) is 0.623. The summed E-state index contributed by atoms with van der Waals surface area (Å²) in [6.45, 7) is 3.96. The number of hydrogen-bond donors (Lipinski definition) is 1. The topological polar surface area (TPSA) is 113 Å². The van der Waals surface area contributed by atoms with Gasteiger partial charge in [0.05, 0.1) is 29.8 Å². The Morgan fingerprint density at radius 3 is 2.32 bits per heavy atom. The summed E-state index contributed by atoms with van der Waals surface area (Å²) in [5, 5.41) is 22.6. The van der Waals surface area contributed by atoms with Crippen molar-refractivity contribution in [2.75, 3.05) is 39.4 Å². The Labute approximate surface area is 201 Å². The highest BCUT2D eigenvalue weighted by atomic mass is 35.5. The highest BCUT2D eigenvalue weighted by Crippen LogP contribution is 2.40. The maximum atomic E-state index is 13.1. The molecular weight excluding hydrogens is 462 g/mol. The van der Waals surface area contributed by atoms with Crippen LogP contribution in [-0.4, -0.2) is 70.9 Å². The third kappa shape index (κ3) is 4.96. The number of ether oxygens (including phenoxy) is 1. The average molecular weight is 486 g/mol. The highest BCUT2D eigenvalue weighted by Gasteiger charge is 2.45. The zero-order chi connectivity index (χ0) is 24.2. The summed E-state index contributed by atoms with van der Waals surface area (Å²) in [7, 11) is 0. The van der Waals surface area contributed by atoms with Gasteiger partial charge in [0, 0.05) is 48.9 Å². The molecule has 2 saturated heterocycles. The molecule has 4 rings (SSSR count). The first-order valence-electron chi connectivity index (χ1n) is 11.0. The summed E-state index contributed by atoms with van der Waals surface area (Å²) < 4.78 is 5.36. The van der Waals surface area contributed by atoms with Crippen LogP contribution < -0.4 is 0 Å². The Kier molecular flexibility index (Phi) is 7.26. The monoisotopic (exact) mass is 485 g/mol. The maximum absolute atomic E-state index is 13.1. The number of amides is 1. The highest BCUT2D eigenvalue weighted by molar-refractivity contribution is 6.46. The molecule has 0 bridgehead atoms. The van der Waals surface area contributed by atoms with Crippen LogP contribution in [0.4, 0.5) is 5.69 Å². The molecule has 2 fully saturated rings. The molecule has 0 spiro atoms. The van der Waals surface area contributed by atoms with Crippen molar-refractivity contribution in [3.8, 4) is 0 Å². The minimum absolute atomic E-state index is 0.0486. The van der Waals surface area contributed by atoms with Crippen LogP contribution in [0.25, 0.3) is 5.76 Å². The number of Topliss-reactive ketones (excluding diaryl/α,β-unsaturated/α-hetero) is 1. The van der Waals surface area contributed by atoms with E-state index in [1.165, 1.54) is 29.2 Å². The van der Waals surface area contributed by atoms with Crippen molar-refractivity contribution >= 4 is 34.7 Å². The number of hydrogen-bond acceptors (Lipinski definition) is 7. The molecule has 2 aliphatic rings. The smallest absolute Gasteiger partial charge is 0.295 e. The van der Waals surface area contributed by atoms with Crippen LogP contribution in [0.15, 0.2) is 54.1 Å². The van der Waals surface area contributed by atoms with Crippen LogP contribution >= 0.6 is 11.6 Å². The second-order valence-electron chi connectivity index (χ2n) is 8.16. The lowest BCUT2D eigenvalue weighted by atomic mass is 9.95. The minimum Gasteiger partial charge on any atom is -0.507 e. The number of carbonyl (C=O) groups is 2. The van der Waals surface area contributed by atoms with Crippen molar-refractivity contribution in [3.05, 3.63) is 80.4 Å². The molecule has 9 nitrogen and oxygen atoms in total. The SMILES string of the molecule is O=C1C(=O)N(CCCN2CCOCC2)[C@@H](c2ccc([N+](=O)[O-])cc2)C1=C(O)c1ccc(Cl)cc1. The number of aliphatic hydroxyl groups excluding tert-OH is 1. The number of nitrogens with zero attached hydrogens (tertiary/aromatic N) is 3. The van der Waals surface area contributed by atoms with E-state index in [4.69, 9.17) is 16.3 Å². The van der Waals surface area contributed by atoms with Gasteiger partial charge in [-0.1, -0.05) is 11.6 Å². The Morgan fingerprint density at radius 2 is 1.71 bits per heavy atom. The van der Waals surface area contributed by atoms with E-state index >= 15 is 0 Å². The molecular formula is C24H24ClN3O6. The summed E-state index contributed by atoms with van der Waals surface area (Å²) in [6, 6.07) is 11.1. The number of halogens is 1. The van der Waals surface area contributed by atoms with Gasteiger partial charge in [-0.25, -0.2) is 0 Å². The van der Waals surface area contributed by atoms with E-state index in [-0.39, 0.29) is 17.0 Å². The van der Waals surface area contributed by atoms with Crippen LogP contribution in [0.5, 0.6) is 0 Å². The predicted molar refractivity (Wildman–Crippen MR) is 125 cm³/mol. The van der Waals surface area contributed by atoms with E-state index in [0.29, 0.717) is 42.3 Å². The molecule has 178 valence electrons. The van der Waals surface area contributed by atoms with Crippen LogP contribution in [0.2, 0.25) is 5.02 Å². The third-order valence-corrected chi connectivity index (χ3v) is 6.31. The number of benzene rings is 2. The van der Waals surface area contributed by atoms with Crippen LogP contribution in [-0.2, 0) is 14.3 Å². The third-order valence-electron chi connectivity index (χ3n) is 6.05. The molecule has 0 aliphatic carbocycles. The van der Waals surface area contributed by atoms with E-state index < -0.39 is 22.7 Å². The number of nitro benzene ring substituents is 1. The second-order valence-corrected chi connectivity index (χ2v) is 8.59. The van der Waals surface area contributed by atoms with Gasteiger partial charge >= 0.3 is 0 Å². The largest absolute Gasteiger partial charge is 0.507 e. The van der Waals surface area contributed by atoms with Gasteiger partial charge in [-0.05, 0) is 48.4 Å². The molecule has 2 aliphatic heterocycles. The fraction of sp³-hybridized carbons (Fsp3) is 0.333. The lowest BCUT2D eigenvalue weighted by molar-refractivity contribution is -0.384. The molecule has 0 aromatic heterocycles. The van der Waals surface area contributed by atoms with Crippen molar-refractivity contribution < 1.29 is 24.4 Å². The maximum Gasteiger partial charge on any atom is 0.295 e. The number of carbonyl (C=O) groups excluding carboxylic acids is 2. The van der Waals surface area contributed by atoms with E-state index in [2.05, 4.69) is 4.90 Å². The van der Waals surface area contributed by atoms with Crippen molar-refractivity contribution in [1.82, 2.24) is 9.80 Å². The zero-order valence-corrected chi connectivity index (χ0v) is 19.1. The fourth-order valence-electron chi connectivity index (χ4n) is 4.29. The molecule has 1 N–H and O–H groups in total. The number of nitro groups is 1. The number of ketones is 1. The van der Waals surface area contributed by atoms with E-state index in [9.17, 15) is 24.8 Å². The lowest BCUT2D eigenvalue weighted by Gasteiger charge is -2.29. The molecule has 0 saturated carbocycles. The summed E-state index contributed by atoms with van der Waals surface area (Å²) in [5.74, 6) is -1.81. The van der Waals surface area contributed by atoms with Gasteiger partial charge in [0.25, 0.3) is 17.4 Å². The molecule has 1 amide bonds. The van der Waals surface area contributed by atoms with Crippen LogP contribution in [0.3, 0.4) is 0 Å². The first-order chi connectivity index (χ1) is 16.4. The second kappa shape index (κ2) is 10.3. The molecule has 0 unspecified atom stereocenters. The zero-order valence-electron chi connectivity index (χ0n) is 18.4. The number of non-ortho nitro benzene ring substituents is 1. The molecule has 34 heavy (non-hydrogen) atoms. The van der Waals surface area contributed by atoms with Gasteiger partial charge in [0.2, 0.25) is 0 Å². The minimum atomic E-state index is -0.860. The van der Waals surface area contributed by atoms with Crippen molar-refractivity contribution in [2.24, 2.45) is 0 Å². The molecule has 2 aromatic carbocycles. The fourth-order valence-corrected chi connectivity index (χ4v) is 4.41. The summed E-state index contributed by atoms with van der Waals surface area (Å²) in [5.41, 5.74) is 0.701. The Hall–Kier alpha value is -3.27. The normalized spacial score (nSPS) is 20.6. The first kappa shape index (κ1) is 23.9. The van der Waals surface area contributed by atoms with E-state index in [1.54, 1.807) is 24.3 Å². The quantitative estimate of drug-likeness (QED) is 0.210. The first-order valence-corrected chi connectivity index (χ1v) is 11.3. The number of aliphatic hydroxyl groups is 1. The Bertz CT molecular complexity index is 1110. The molecule has 2 aromatic rings. The van der Waals surface area contributed by atoms with Gasteiger partial charge in [0.1, 0.15) is 5.76 Å². The number of likely N-dealkylation sites (tertiary alicyclic amines) is 1. The van der Waals surface area contributed by atoms with E-state index in [1.807, 2.05) is 0 Å². The summed E-state index contributed by atoms with van der Waals surface area (Å²) >= 11 is 5.94. The van der Waals surface area contributed by atoms with Gasteiger partial charge < -0.3 is 14.7 Å². The molecule has 10 heteroatoms. The molecule has 0 radical (unpaired) electrons. The van der Waals surface area contributed by atoms with Crippen molar-refractivity contribution in [3.63, 3.8) is 0 Å². The van der Waals surface area contributed by atoms with Crippen LogP contribution in [0.1, 0.15) is 23.6 Å². The number of rotatable bonds is 7. The average Bonchev–Trinajstić information content (AvgIpc) is 3.10. The molecule has 2 heterocycles. The Morgan fingerprint density at radius 1 is 1.06 bits per heavy atom. The standard InChI is InChI=1S/C24H24ClN3O6/c25-18-6-2-17(3-7-18)22(29)20-21(16-4-8-19(9-5-16)28(32)33)27(24(31)23(20)30)11-1-10-26-12-14-34-15-13-26/h2-9,21,29H,1,10-15H2/t21-/m0/s1. The van der Waals surface area contributed by atoms with Gasteiger partial charge in [0.15, 0.2) is 0 Å².